The van der Waals surface area contributed by atoms with Crippen molar-refractivity contribution < 1.29 is 4.79 Å². The predicted octanol–water partition coefficient (Wildman–Crippen LogP) is 3.92. The lowest BCUT2D eigenvalue weighted by molar-refractivity contribution is -0.132. The lowest BCUT2D eigenvalue weighted by Crippen LogP contribution is -2.39. The standard InChI is InChI=1S/C23H36N4O/c1-5-18(15-26(6-2)23(28)11-17(3)4)16-27-10-9-20-12-19(7-8-22(20)27)21(13-24)14-25/h7-8,12-14,17-18,24H,5-6,9-11,15-16,25H2,1-4H3/b21-14+,24-13?. The van der Waals surface area contributed by atoms with Crippen LogP contribution in [0.5, 0.6) is 0 Å². The fraction of sp³-hybridized carbons (Fsp3) is 0.565. The van der Waals surface area contributed by atoms with Gasteiger partial charge in [0.15, 0.2) is 0 Å². The van der Waals surface area contributed by atoms with Gasteiger partial charge in [-0.2, -0.15) is 0 Å². The smallest absolute Gasteiger partial charge is 0.222 e. The molecule has 1 atom stereocenters. The Bertz CT molecular complexity index is 711. The number of amides is 1. The minimum atomic E-state index is 0.273. The summed E-state index contributed by atoms with van der Waals surface area (Å²) in [7, 11) is 0. The molecule has 1 aliphatic rings. The SMILES string of the molecule is CCC(CN(CC)C(=O)CC(C)C)CN1CCc2cc(/C(C=N)=C/N)ccc21. The average Bonchev–Trinajstić information content (AvgIpc) is 3.07. The van der Waals surface area contributed by atoms with Crippen LogP contribution in [0.4, 0.5) is 5.69 Å². The maximum Gasteiger partial charge on any atom is 0.222 e. The highest BCUT2D eigenvalue weighted by molar-refractivity contribution is 6.08. The molecule has 0 aromatic heterocycles. The van der Waals surface area contributed by atoms with Crippen LogP contribution in [-0.4, -0.2) is 43.2 Å². The van der Waals surface area contributed by atoms with E-state index in [0.29, 0.717) is 18.3 Å². The molecular formula is C23H36N4O. The van der Waals surface area contributed by atoms with Crippen molar-refractivity contribution in [3.05, 3.63) is 35.5 Å². The molecule has 1 aliphatic heterocycles. The summed E-state index contributed by atoms with van der Waals surface area (Å²) in [5, 5.41) is 7.50. The van der Waals surface area contributed by atoms with Crippen molar-refractivity contribution in [3.8, 4) is 0 Å². The average molecular weight is 385 g/mol. The molecule has 5 heteroatoms. The van der Waals surface area contributed by atoms with Gasteiger partial charge in [0.25, 0.3) is 0 Å². The van der Waals surface area contributed by atoms with Gasteiger partial charge in [-0.3, -0.25) is 4.79 Å². The molecule has 1 amide bonds. The van der Waals surface area contributed by atoms with E-state index in [4.69, 9.17) is 11.1 Å². The second-order valence-electron chi connectivity index (χ2n) is 8.11. The van der Waals surface area contributed by atoms with Gasteiger partial charge in [0, 0.05) is 56.3 Å². The molecule has 0 bridgehead atoms. The summed E-state index contributed by atoms with van der Waals surface area (Å²) in [5.41, 5.74) is 9.97. The van der Waals surface area contributed by atoms with Crippen LogP contribution in [0.1, 0.15) is 51.7 Å². The molecule has 1 aromatic carbocycles. The van der Waals surface area contributed by atoms with Gasteiger partial charge < -0.3 is 20.9 Å². The molecule has 0 spiro atoms. The van der Waals surface area contributed by atoms with E-state index in [-0.39, 0.29) is 5.91 Å². The van der Waals surface area contributed by atoms with Crippen LogP contribution in [0.3, 0.4) is 0 Å². The summed E-state index contributed by atoms with van der Waals surface area (Å²) < 4.78 is 0. The Morgan fingerprint density at radius 1 is 1.36 bits per heavy atom. The molecule has 0 saturated carbocycles. The Labute approximate surface area is 170 Å². The van der Waals surface area contributed by atoms with Crippen LogP contribution in [-0.2, 0) is 11.2 Å². The number of carbonyl (C=O) groups excluding carboxylic acids is 1. The summed E-state index contributed by atoms with van der Waals surface area (Å²) in [5.74, 6) is 1.13. The first-order valence-corrected chi connectivity index (χ1v) is 10.5. The molecule has 1 heterocycles. The number of rotatable bonds is 10. The van der Waals surface area contributed by atoms with E-state index >= 15 is 0 Å². The summed E-state index contributed by atoms with van der Waals surface area (Å²) in [6.45, 7) is 12.1. The Morgan fingerprint density at radius 3 is 2.68 bits per heavy atom. The Balaban J connectivity index is 2.07. The molecule has 3 N–H and O–H groups in total. The number of nitrogens with one attached hydrogen (secondary N) is 1. The highest BCUT2D eigenvalue weighted by atomic mass is 16.2. The minimum absolute atomic E-state index is 0.273. The Kier molecular flexibility index (Phi) is 8.09. The number of fused-ring (bicyclic) bond motifs is 1. The second kappa shape index (κ2) is 10.3. The minimum Gasteiger partial charge on any atom is -0.404 e. The topological polar surface area (TPSA) is 73.4 Å². The van der Waals surface area contributed by atoms with Crippen molar-refractivity contribution in [1.29, 1.82) is 5.41 Å². The maximum absolute atomic E-state index is 12.5. The van der Waals surface area contributed by atoms with Gasteiger partial charge in [0.1, 0.15) is 0 Å². The monoisotopic (exact) mass is 384 g/mol. The van der Waals surface area contributed by atoms with Crippen molar-refractivity contribution >= 4 is 23.4 Å². The third-order valence-corrected chi connectivity index (χ3v) is 5.59. The lowest BCUT2D eigenvalue weighted by atomic mass is 10.0. The van der Waals surface area contributed by atoms with Gasteiger partial charge >= 0.3 is 0 Å². The van der Waals surface area contributed by atoms with Crippen LogP contribution < -0.4 is 10.6 Å². The first-order valence-electron chi connectivity index (χ1n) is 10.5. The van der Waals surface area contributed by atoms with Crippen LogP contribution in [0, 0.1) is 17.2 Å². The van der Waals surface area contributed by atoms with Crippen LogP contribution in [0.2, 0.25) is 0 Å². The number of anilines is 1. The van der Waals surface area contributed by atoms with E-state index < -0.39 is 0 Å². The molecule has 5 nitrogen and oxygen atoms in total. The zero-order valence-electron chi connectivity index (χ0n) is 17.9. The number of nitrogens with two attached hydrogens (primary N) is 1. The molecule has 154 valence electrons. The normalized spacial score (nSPS) is 14.9. The second-order valence-corrected chi connectivity index (χ2v) is 8.11. The van der Waals surface area contributed by atoms with E-state index in [9.17, 15) is 4.79 Å². The van der Waals surface area contributed by atoms with Gasteiger partial charge in [-0.25, -0.2) is 0 Å². The first kappa shape index (κ1) is 22.0. The lowest BCUT2D eigenvalue weighted by Gasteiger charge is -2.30. The van der Waals surface area contributed by atoms with E-state index in [1.807, 2.05) is 11.0 Å². The zero-order chi connectivity index (χ0) is 20.7. The van der Waals surface area contributed by atoms with Gasteiger partial charge in [-0.05, 0) is 54.9 Å². The van der Waals surface area contributed by atoms with Gasteiger partial charge in [0.2, 0.25) is 5.91 Å². The van der Waals surface area contributed by atoms with Crippen molar-refractivity contribution in [2.75, 3.05) is 31.1 Å². The molecule has 1 aromatic rings. The quantitative estimate of drug-likeness (QED) is 0.601. The predicted molar refractivity (Wildman–Crippen MR) is 119 cm³/mol. The van der Waals surface area contributed by atoms with Crippen LogP contribution in [0.25, 0.3) is 5.57 Å². The van der Waals surface area contributed by atoms with Crippen molar-refractivity contribution in [2.24, 2.45) is 17.6 Å². The summed E-state index contributed by atoms with van der Waals surface area (Å²) in [4.78, 5) is 17.0. The number of hydrogen-bond acceptors (Lipinski definition) is 4. The number of nitrogens with zero attached hydrogens (tertiary/aromatic N) is 2. The highest BCUT2D eigenvalue weighted by Gasteiger charge is 2.24. The zero-order valence-corrected chi connectivity index (χ0v) is 17.9. The fourth-order valence-electron chi connectivity index (χ4n) is 3.89. The number of carbonyl (C=O) groups is 1. The van der Waals surface area contributed by atoms with Crippen LogP contribution in [0.15, 0.2) is 24.4 Å². The number of allylic oxidation sites excluding steroid dienone is 1. The Morgan fingerprint density at radius 2 is 2.11 bits per heavy atom. The third-order valence-electron chi connectivity index (χ3n) is 5.59. The first-order chi connectivity index (χ1) is 13.4. The number of benzene rings is 1. The Hall–Kier alpha value is -2.30. The van der Waals surface area contributed by atoms with Crippen molar-refractivity contribution in [3.63, 3.8) is 0 Å². The van der Waals surface area contributed by atoms with Gasteiger partial charge in [-0.15, -0.1) is 0 Å². The number of hydrogen-bond donors (Lipinski definition) is 2. The molecular weight excluding hydrogens is 348 g/mol. The van der Waals surface area contributed by atoms with E-state index in [1.54, 1.807) is 0 Å². The molecule has 0 saturated heterocycles. The van der Waals surface area contributed by atoms with E-state index in [2.05, 4.69) is 44.7 Å². The summed E-state index contributed by atoms with van der Waals surface area (Å²) >= 11 is 0. The largest absolute Gasteiger partial charge is 0.404 e. The fourth-order valence-corrected chi connectivity index (χ4v) is 3.89. The van der Waals surface area contributed by atoms with Crippen molar-refractivity contribution in [2.45, 2.75) is 47.0 Å². The van der Waals surface area contributed by atoms with Gasteiger partial charge in [-0.1, -0.05) is 26.8 Å². The molecule has 28 heavy (non-hydrogen) atoms. The molecule has 1 unspecified atom stereocenters. The molecule has 0 fully saturated rings. The molecule has 0 radical (unpaired) electrons. The molecule has 0 aliphatic carbocycles. The van der Waals surface area contributed by atoms with Crippen LogP contribution >= 0.6 is 0 Å². The molecule has 2 rings (SSSR count). The summed E-state index contributed by atoms with van der Waals surface area (Å²) in [6.07, 6.45) is 5.49. The van der Waals surface area contributed by atoms with Gasteiger partial charge in [0.05, 0.1) is 0 Å². The third kappa shape index (κ3) is 5.37. The van der Waals surface area contributed by atoms with E-state index in [1.165, 1.54) is 23.7 Å². The maximum atomic E-state index is 12.5. The van der Waals surface area contributed by atoms with E-state index in [0.717, 1.165) is 50.2 Å². The highest BCUT2D eigenvalue weighted by Crippen LogP contribution is 2.31. The van der Waals surface area contributed by atoms with Crippen molar-refractivity contribution in [1.82, 2.24) is 4.90 Å². The summed E-state index contributed by atoms with van der Waals surface area (Å²) in [6, 6.07) is 6.36.